The van der Waals surface area contributed by atoms with Crippen molar-refractivity contribution in [3.63, 3.8) is 0 Å². The fourth-order valence-corrected chi connectivity index (χ4v) is 5.73. The van der Waals surface area contributed by atoms with E-state index in [2.05, 4.69) is 34.6 Å². The Labute approximate surface area is 236 Å². The Balaban J connectivity index is 1.16. The van der Waals surface area contributed by atoms with Gasteiger partial charge in [0.2, 0.25) is 0 Å². The molecule has 9 heteroatoms. The quantitative estimate of drug-likeness (QED) is 0.338. The van der Waals surface area contributed by atoms with Crippen molar-refractivity contribution >= 4 is 39.9 Å². The van der Waals surface area contributed by atoms with Crippen molar-refractivity contribution in [2.24, 2.45) is 15.4 Å². The summed E-state index contributed by atoms with van der Waals surface area (Å²) < 4.78 is 0. The van der Waals surface area contributed by atoms with Crippen LogP contribution in [0.15, 0.2) is 113 Å². The number of carbonyl (C=O) groups is 3. The monoisotopic (exact) mass is 542 g/mol. The smallest absolute Gasteiger partial charge is 0.264 e. The second-order valence-electron chi connectivity index (χ2n) is 10.5. The molecule has 3 heterocycles. The number of hydrogen-bond acceptors (Lipinski definition) is 7. The third-order valence-corrected chi connectivity index (χ3v) is 7.88. The highest BCUT2D eigenvalue weighted by Gasteiger charge is 2.55. The lowest BCUT2D eigenvalue weighted by molar-refractivity contribution is -0.135. The molecule has 4 aromatic carbocycles. The van der Waals surface area contributed by atoms with Gasteiger partial charge in [0, 0.05) is 6.42 Å². The molecule has 0 aromatic heterocycles. The summed E-state index contributed by atoms with van der Waals surface area (Å²) in [4.78, 5) is 41.5. The number of amides is 3. The van der Waals surface area contributed by atoms with Gasteiger partial charge in [0.25, 0.3) is 17.7 Å². The first-order chi connectivity index (χ1) is 20.0. The molecule has 1 saturated heterocycles. The summed E-state index contributed by atoms with van der Waals surface area (Å²) in [7, 11) is 0. The minimum atomic E-state index is -0.975. The Morgan fingerprint density at radius 3 is 2.37 bits per heavy atom. The SMILES string of the molecule is Cc1ccc(N2C(=O)[C@H]3N=NN(CC(=O)N4N=C(c5ccc6ccccc6c5)C[C@H]4c4ccccc4)[C@@H]3C2=O)cc1. The summed E-state index contributed by atoms with van der Waals surface area (Å²) in [6.07, 6.45) is 0.542. The summed E-state index contributed by atoms with van der Waals surface area (Å²) in [6, 6.07) is 29.0. The van der Waals surface area contributed by atoms with Gasteiger partial charge in [-0.2, -0.15) is 10.2 Å². The van der Waals surface area contributed by atoms with E-state index in [0.29, 0.717) is 12.1 Å². The predicted molar refractivity (Wildman–Crippen MR) is 154 cm³/mol. The first kappa shape index (κ1) is 24.8. The molecule has 202 valence electrons. The van der Waals surface area contributed by atoms with E-state index in [0.717, 1.165) is 38.1 Å². The molecular formula is C32H26N6O3. The van der Waals surface area contributed by atoms with E-state index in [1.807, 2.05) is 67.6 Å². The highest BCUT2D eigenvalue weighted by Crippen LogP contribution is 2.35. The van der Waals surface area contributed by atoms with Crippen LogP contribution in [0.1, 0.15) is 29.2 Å². The van der Waals surface area contributed by atoms with Gasteiger partial charge >= 0.3 is 0 Å². The highest BCUT2D eigenvalue weighted by molar-refractivity contribution is 6.25. The largest absolute Gasteiger partial charge is 0.271 e. The number of hydrazone groups is 1. The number of aryl methyl sites for hydroxylation is 1. The van der Waals surface area contributed by atoms with Gasteiger partial charge in [-0.25, -0.2) is 9.91 Å². The van der Waals surface area contributed by atoms with Crippen LogP contribution in [0.2, 0.25) is 0 Å². The summed E-state index contributed by atoms with van der Waals surface area (Å²) in [5, 5.41) is 18.0. The van der Waals surface area contributed by atoms with E-state index < -0.39 is 23.9 Å². The predicted octanol–water partition coefficient (Wildman–Crippen LogP) is 4.82. The maximum atomic E-state index is 13.8. The molecule has 41 heavy (non-hydrogen) atoms. The standard InChI is InChI=1S/C32H26N6O3/c1-20-11-15-25(16-12-20)37-31(40)29-30(32(37)41)36(35-33-29)19-28(39)38-27(22-8-3-2-4-9-22)18-26(34-38)24-14-13-21-7-5-6-10-23(21)17-24/h2-17,27,29-30H,18-19H2,1H3/t27-,29-,30-/m0/s1. The van der Waals surface area contributed by atoms with Gasteiger partial charge in [-0.15, -0.1) is 0 Å². The third kappa shape index (κ3) is 4.26. The van der Waals surface area contributed by atoms with E-state index in [9.17, 15) is 14.4 Å². The van der Waals surface area contributed by atoms with Gasteiger partial charge < -0.3 is 0 Å². The van der Waals surface area contributed by atoms with Crippen molar-refractivity contribution in [2.75, 3.05) is 11.4 Å². The lowest BCUT2D eigenvalue weighted by atomic mass is 9.97. The van der Waals surface area contributed by atoms with Crippen LogP contribution in [0.4, 0.5) is 5.69 Å². The summed E-state index contributed by atoms with van der Waals surface area (Å²) in [5.74, 6) is -1.21. The zero-order valence-corrected chi connectivity index (χ0v) is 22.3. The van der Waals surface area contributed by atoms with E-state index in [4.69, 9.17) is 5.10 Å². The van der Waals surface area contributed by atoms with Gasteiger partial charge in [-0.3, -0.25) is 19.4 Å². The lowest BCUT2D eigenvalue weighted by Gasteiger charge is -2.25. The van der Waals surface area contributed by atoms with Crippen LogP contribution in [0.25, 0.3) is 10.8 Å². The maximum absolute atomic E-state index is 13.8. The second kappa shape index (κ2) is 9.78. The molecule has 3 amide bonds. The first-order valence-corrected chi connectivity index (χ1v) is 13.5. The van der Waals surface area contributed by atoms with Crippen LogP contribution >= 0.6 is 0 Å². The topological polar surface area (TPSA) is 98.0 Å². The average Bonchev–Trinajstić information content (AvgIpc) is 3.69. The summed E-state index contributed by atoms with van der Waals surface area (Å²) in [6.45, 7) is 1.70. The van der Waals surface area contributed by atoms with E-state index in [1.165, 1.54) is 10.0 Å². The normalized spacial score (nSPS) is 21.6. The van der Waals surface area contributed by atoms with Gasteiger partial charge in [0.15, 0.2) is 12.1 Å². The van der Waals surface area contributed by atoms with Gasteiger partial charge in [0.1, 0.15) is 6.54 Å². The molecule has 3 aliphatic heterocycles. The zero-order chi connectivity index (χ0) is 28.1. The fourth-order valence-electron chi connectivity index (χ4n) is 5.73. The zero-order valence-electron chi connectivity index (χ0n) is 22.3. The number of carbonyl (C=O) groups excluding carboxylic acids is 3. The molecule has 0 saturated carbocycles. The van der Waals surface area contributed by atoms with Crippen molar-refractivity contribution in [1.82, 2.24) is 10.0 Å². The molecule has 0 unspecified atom stereocenters. The molecule has 1 fully saturated rings. The molecule has 0 radical (unpaired) electrons. The minimum absolute atomic E-state index is 0.233. The van der Waals surface area contributed by atoms with Crippen LogP contribution in [0, 0.1) is 6.92 Å². The Kier molecular flexibility index (Phi) is 5.92. The Bertz CT molecular complexity index is 1750. The molecule has 0 bridgehead atoms. The number of anilines is 1. The maximum Gasteiger partial charge on any atom is 0.264 e. The number of fused-ring (bicyclic) bond motifs is 2. The van der Waals surface area contributed by atoms with Crippen LogP contribution in [0.5, 0.6) is 0 Å². The highest BCUT2D eigenvalue weighted by atomic mass is 16.2. The minimum Gasteiger partial charge on any atom is -0.271 e. The van der Waals surface area contributed by atoms with Crippen molar-refractivity contribution in [3.8, 4) is 0 Å². The lowest BCUT2D eigenvalue weighted by Crippen LogP contribution is -2.44. The van der Waals surface area contributed by atoms with E-state index >= 15 is 0 Å². The second-order valence-corrected chi connectivity index (χ2v) is 10.5. The Morgan fingerprint density at radius 2 is 1.59 bits per heavy atom. The van der Waals surface area contributed by atoms with Crippen molar-refractivity contribution in [3.05, 3.63) is 114 Å². The van der Waals surface area contributed by atoms with Crippen LogP contribution in [-0.4, -0.2) is 52.1 Å². The van der Waals surface area contributed by atoms with Crippen molar-refractivity contribution in [1.29, 1.82) is 0 Å². The van der Waals surface area contributed by atoms with Crippen LogP contribution in [-0.2, 0) is 14.4 Å². The molecular weight excluding hydrogens is 516 g/mol. The molecule has 3 aliphatic rings. The number of imide groups is 1. The fraction of sp³-hybridized carbons (Fsp3) is 0.188. The van der Waals surface area contributed by atoms with Crippen LogP contribution < -0.4 is 4.90 Å². The summed E-state index contributed by atoms with van der Waals surface area (Å²) in [5.41, 5.74) is 4.21. The number of nitrogens with zero attached hydrogens (tertiary/aromatic N) is 6. The molecule has 9 nitrogen and oxygen atoms in total. The molecule has 4 aromatic rings. The third-order valence-electron chi connectivity index (χ3n) is 7.88. The first-order valence-electron chi connectivity index (χ1n) is 13.5. The van der Waals surface area contributed by atoms with Gasteiger partial charge in [-0.05, 0) is 47.0 Å². The number of rotatable bonds is 5. The Morgan fingerprint density at radius 1 is 0.854 bits per heavy atom. The molecule has 3 atom stereocenters. The van der Waals surface area contributed by atoms with Gasteiger partial charge in [-0.1, -0.05) is 89.6 Å². The van der Waals surface area contributed by atoms with Crippen molar-refractivity contribution < 1.29 is 14.4 Å². The van der Waals surface area contributed by atoms with Crippen LogP contribution in [0.3, 0.4) is 0 Å². The number of benzene rings is 4. The molecule has 0 N–H and O–H groups in total. The molecule has 7 rings (SSSR count). The average molecular weight is 543 g/mol. The summed E-state index contributed by atoms with van der Waals surface area (Å²) >= 11 is 0. The van der Waals surface area contributed by atoms with Crippen molar-refractivity contribution in [2.45, 2.75) is 31.5 Å². The van der Waals surface area contributed by atoms with E-state index in [1.54, 1.807) is 12.1 Å². The molecule has 0 spiro atoms. The van der Waals surface area contributed by atoms with Gasteiger partial charge in [0.05, 0.1) is 17.4 Å². The Hall–Kier alpha value is -5.18. The van der Waals surface area contributed by atoms with E-state index in [-0.39, 0.29) is 18.5 Å². The number of hydrogen-bond donors (Lipinski definition) is 0. The molecule has 0 aliphatic carbocycles.